The van der Waals surface area contributed by atoms with Crippen molar-refractivity contribution in [2.75, 3.05) is 13.1 Å². The number of amides is 2. The third-order valence-electron chi connectivity index (χ3n) is 7.09. The minimum Gasteiger partial charge on any atom is -0.341 e. The normalized spacial score (nSPS) is 14.7. The van der Waals surface area contributed by atoms with Crippen molar-refractivity contribution in [2.45, 2.75) is 97.1 Å². The fraction of sp³-hybridized carbons (Fsp3) is 0.548. The number of likely N-dealkylation sites (tertiary alicyclic amines) is 1. The average Bonchev–Trinajstić information content (AvgIpc) is 3.39. The highest BCUT2D eigenvalue weighted by atomic mass is 16.2. The average molecular weight is 477 g/mol. The molecule has 2 aromatic rings. The second-order valence-electron chi connectivity index (χ2n) is 11.0. The molecule has 3 rings (SSSR count). The van der Waals surface area contributed by atoms with Crippen molar-refractivity contribution in [1.82, 2.24) is 9.80 Å². The molecule has 0 spiro atoms. The number of hydrogen-bond acceptors (Lipinski definition) is 2. The molecule has 0 N–H and O–H groups in total. The molecular weight excluding hydrogens is 432 g/mol. The maximum atomic E-state index is 13.8. The summed E-state index contributed by atoms with van der Waals surface area (Å²) in [6, 6.07) is 18.2. The zero-order valence-corrected chi connectivity index (χ0v) is 22.3. The number of nitrogens with zero attached hydrogens (tertiary/aromatic N) is 2. The molecule has 0 bridgehead atoms. The molecule has 0 aliphatic carbocycles. The quantitative estimate of drug-likeness (QED) is 0.347. The Hall–Kier alpha value is -2.62. The molecule has 1 saturated heterocycles. The second-order valence-corrected chi connectivity index (χ2v) is 11.0. The molecule has 1 atom stereocenters. The van der Waals surface area contributed by atoms with Crippen LogP contribution < -0.4 is 0 Å². The Kier molecular flexibility index (Phi) is 9.94. The summed E-state index contributed by atoms with van der Waals surface area (Å²) >= 11 is 0. The van der Waals surface area contributed by atoms with E-state index in [0.29, 0.717) is 19.4 Å². The first-order chi connectivity index (χ1) is 16.8. The van der Waals surface area contributed by atoms with Crippen LogP contribution in [0.5, 0.6) is 0 Å². The Bertz CT molecular complexity index is 925. The Labute approximate surface area is 212 Å². The monoisotopic (exact) mass is 476 g/mol. The first-order valence-electron chi connectivity index (χ1n) is 13.5. The van der Waals surface area contributed by atoms with E-state index in [2.05, 4.69) is 64.1 Å². The Morgan fingerprint density at radius 3 is 2.14 bits per heavy atom. The number of rotatable bonds is 11. The smallest absolute Gasteiger partial charge is 0.245 e. The molecule has 4 nitrogen and oxygen atoms in total. The molecule has 1 aliphatic rings. The Morgan fingerprint density at radius 2 is 1.54 bits per heavy atom. The van der Waals surface area contributed by atoms with Gasteiger partial charge in [0.1, 0.15) is 6.04 Å². The largest absolute Gasteiger partial charge is 0.341 e. The van der Waals surface area contributed by atoms with Crippen LogP contribution in [0, 0.1) is 0 Å². The lowest BCUT2D eigenvalue weighted by molar-refractivity contribution is -0.146. The minimum absolute atomic E-state index is 0.0783. The molecule has 190 valence electrons. The van der Waals surface area contributed by atoms with Crippen LogP contribution in [0.1, 0.15) is 89.3 Å². The third kappa shape index (κ3) is 7.95. The molecule has 1 unspecified atom stereocenters. The van der Waals surface area contributed by atoms with E-state index in [1.807, 2.05) is 28.0 Å². The van der Waals surface area contributed by atoms with Gasteiger partial charge in [-0.1, -0.05) is 102 Å². The van der Waals surface area contributed by atoms with E-state index >= 15 is 0 Å². The highest BCUT2D eigenvalue weighted by molar-refractivity contribution is 5.88. The van der Waals surface area contributed by atoms with Crippen LogP contribution in [-0.2, 0) is 28.0 Å². The van der Waals surface area contributed by atoms with Gasteiger partial charge in [0, 0.05) is 32.5 Å². The van der Waals surface area contributed by atoms with Gasteiger partial charge >= 0.3 is 0 Å². The van der Waals surface area contributed by atoms with E-state index in [4.69, 9.17) is 0 Å². The lowest BCUT2D eigenvalue weighted by atomic mass is 9.86. The van der Waals surface area contributed by atoms with Crippen molar-refractivity contribution < 1.29 is 9.59 Å². The van der Waals surface area contributed by atoms with Crippen LogP contribution in [0.4, 0.5) is 0 Å². The predicted molar refractivity (Wildman–Crippen MR) is 144 cm³/mol. The maximum Gasteiger partial charge on any atom is 0.245 e. The molecule has 4 heteroatoms. The summed E-state index contributed by atoms with van der Waals surface area (Å²) in [5, 5.41) is 0. The molecule has 1 heterocycles. The van der Waals surface area contributed by atoms with Crippen LogP contribution in [0.15, 0.2) is 54.6 Å². The van der Waals surface area contributed by atoms with E-state index < -0.39 is 6.04 Å². The van der Waals surface area contributed by atoms with E-state index in [0.717, 1.165) is 62.7 Å². The van der Waals surface area contributed by atoms with E-state index in [1.54, 1.807) is 0 Å². The number of carbonyl (C=O) groups excluding carboxylic acids is 2. The number of hydrogen-bond donors (Lipinski definition) is 0. The lowest BCUT2D eigenvalue weighted by Crippen LogP contribution is -2.51. The summed E-state index contributed by atoms with van der Waals surface area (Å²) in [5.41, 5.74) is 3.52. The Balaban J connectivity index is 1.89. The van der Waals surface area contributed by atoms with Crippen LogP contribution >= 0.6 is 0 Å². The lowest BCUT2D eigenvalue weighted by Gasteiger charge is -2.34. The van der Waals surface area contributed by atoms with Gasteiger partial charge in [-0.05, 0) is 41.4 Å². The van der Waals surface area contributed by atoms with Crippen molar-refractivity contribution >= 4 is 11.8 Å². The van der Waals surface area contributed by atoms with Gasteiger partial charge in [0.05, 0.1) is 0 Å². The summed E-state index contributed by atoms with van der Waals surface area (Å²) in [5.74, 6) is 0.189. The Morgan fingerprint density at radius 1 is 0.886 bits per heavy atom. The van der Waals surface area contributed by atoms with Gasteiger partial charge in [0.2, 0.25) is 11.8 Å². The zero-order chi connectivity index (χ0) is 25.3. The summed E-state index contributed by atoms with van der Waals surface area (Å²) in [4.78, 5) is 31.3. The highest BCUT2D eigenvalue weighted by Crippen LogP contribution is 2.24. The van der Waals surface area contributed by atoms with Gasteiger partial charge in [0.15, 0.2) is 0 Å². The summed E-state index contributed by atoms with van der Waals surface area (Å²) in [6.45, 7) is 10.9. The molecule has 35 heavy (non-hydrogen) atoms. The van der Waals surface area contributed by atoms with Crippen LogP contribution in [0.3, 0.4) is 0 Å². The molecule has 0 radical (unpaired) electrons. The van der Waals surface area contributed by atoms with Gasteiger partial charge in [-0.2, -0.15) is 0 Å². The van der Waals surface area contributed by atoms with Gasteiger partial charge < -0.3 is 9.80 Å². The highest BCUT2D eigenvalue weighted by Gasteiger charge is 2.34. The third-order valence-corrected chi connectivity index (χ3v) is 7.09. The standard InChI is InChI=1S/C31H44N2O2/c1-5-6-7-11-16-29(34)33(24-26-17-19-27(20-18-26)31(2,3)4)28(23-25-14-9-8-10-15-25)30(35)32-21-12-13-22-32/h8-10,14-15,17-20,28H,5-7,11-13,16,21-24H2,1-4H3. The van der Waals surface area contributed by atoms with Crippen LogP contribution in [-0.4, -0.2) is 40.7 Å². The van der Waals surface area contributed by atoms with Gasteiger partial charge in [-0.3, -0.25) is 9.59 Å². The SMILES string of the molecule is CCCCCCC(=O)N(Cc1ccc(C(C)(C)C)cc1)C(Cc1ccccc1)C(=O)N1CCCC1. The zero-order valence-electron chi connectivity index (χ0n) is 22.3. The molecule has 2 amide bonds. The van der Waals surface area contributed by atoms with Crippen molar-refractivity contribution in [1.29, 1.82) is 0 Å². The topological polar surface area (TPSA) is 40.6 Å². The molecule has 1 fully saturated rings. The van der Waals surface area contributed by atoms with Crippen molar-refractivity contribution in [3.05, 3.63) is 71.3 Å². The molecular formula is C31H44N2O2. The van der Waals surface area contributed by atoms with Crippen LogP contribution in [0.25, 0.3) is 0 Å². The second kappa shape index (κ2) is 12.9. The van der Waals surface area contributed by atoms with E-state index in [-0.39, 0.29) is 17.2 Å². The number of benzene rings is 2. The van der Waals surface area contributed by atoms with Gasteiger partial charge in [-0.25, -0.2) is 0 Å². The summed E-state index contributed by atoms with van der Waals surface area (Å²) in [7, 11) is 0. The minimum atomic E-state index is -0.475. The van der Waals surface area contributed by atoms with Crippen molar-refractivity contribution in [3.8, 4) is 0 Å². The van der Waals surface area contributed by atoms with Crippen molar-refractivity contribution in [2.24, 2.45) is 0 Å². The van der Waals surface area contributed by atoms with Crippen LogP contribution in [0.2, 0.25) is 0 Å². The molecule has 0 saturated carbocycles. The van der Waals surface area contributed by atoms with Gasteiger partial charge in [0.25, 0.3) is 0 Å². The molecule has 1 aliphatic heterocycles. The maximum absolute atomic E-state index is 13.8. The van der Waals surface area contributed by atoms with E-state index in [9.17, 15) is 9.59 Å². The first-order valence-corrected chi connectivity index (χ1v) is 13.5. The molecule has 2 aromatic carbocycles. The van der Waals surface area contributed by atoms with Crippen molar-refractivity contribution in [3.63, 3.8) is 0 Å². The molecule has 0 aromatic heterocycles. The van der Waals surface area contributed by atoms with E-state index in [1.165, 1.54) is 5.56 Å². The number of carbonyl (C=O) groups is 2. The summed E-state index contributed by atoms with van der Waals surface area (Å²) < 4.78 is 0. The fourth-order valence-corrected chi connectivity index (χ4v) is 4.84. The fourth-order valence-electron chi connectivity index (χ4n) is 4.84. The van der Waals surface area contributed by atoms with Gasteiger partial charge in [-0.15, -0.1) is 0 Å². The first kappa shape index (κ1) is 27.0. The number of unbranched alkanes of at least 4 members (excludes halogenated alkanes) is 3. The summed E-state index contributed by atoms with van der Waals surface area (Å²) in [6.07, 6.45) is 7.35. The predicted octanol–water partition coefficient (Wildman–Crippen LogP) is 6.52.